The number of pyridine rings is 1. The second-order valence-corrected chi connectivity index (χ2v) is 4.86. The van der Waals surface area contributed by atoms with Gasteiger partial charge in [0, 0.05) is 23.7 Å². The van der Waals surface area contributed by atoms with Crippen molar-refractivity contribution in [3.8, 4) is 6.07 Å². The van der Waals surface area contributed by atoms with Crippen LogP contribution in [0.2, 0.25) is 0 Å². The minimum Gasteiger partial charge on any atom is -0.348 e. The zero-order valence-corrected chi connectivity index (χ0v) is 11.8. The van der Waals surface area contributed by atoms with Crippen molar-refractivity contribution in [2.24, 2.45) is 0 Å². The number of carbonyl (C=O) groups excluding carboxylic acids is 1. The van der Waals surface area contributed by atoms with Crippen LogP contribution in [0.1, 0.15) is 21.5 Å². The molecule has 0 saturated carbocycles. The van der Waals surface area contributed by atoms with Gasteiger partial charge in [-0.1, -0.05) is 24.3 Å². The Morgan fingerprint density at radius 1 is 1.14 bits per heavy atom. The van der Waals surface area contributed by atoms with Gasteiger partial charge in [0.1, 0.15) is 0 Å². The van der Waals surface area contributed by atoms with Crippen molar-refractivity contribution in [3.05, 3.63) is 77.5 Å². The number of nitrogens with one attached hydrogen (secondary N) is 1. The predicted molar refractivity (Wildman–Crippen MR) is 84.1 cm³/mol. The molecule has 0 unspecified atom stereocenters. The van der Waals surface area contributed by atoms with Gasteiger partial charge in [0.2, 0.25) is 0 Å². The number of amides is 1. The molecule has 0 spiro atoms. The van der Waals surface area contributed by atoms with Crippen molar-refractivity contribution in [2.75, 3.05) is 0 Å². The number of carbonyl (C=O) groups is 1. The number of hydrogen-bond acceptors (Lipinski definition) is 3. The number of fused-ring (bicyclic) bond motifs is 1. The van der Waals surface area contributed by atoms with E-state index in [2.05, 4.69) is 10.3 Å². The summed E-state index contributed by atoms with van der Waals surface area (Å²) in [6, 6.07) is 18.4. The molecule has 0 saturated heterocycles. The van der Waals surface area contributed by atoms with Crippen LogP contribution in [0.5, 0.6) is 0 Å². The Kier molecular flexibility index (Phi) is 3.80. The number of para-hydroxylation sites is 1. The normalized spacial score (nSPS) is 10.1. The number of nitrogens with zero attached hydrogens (tertiary/aromatic N) is 2. The van der Waals surface area contributed by atoms with E-state index in [4.69, 9.17) is 5.26 Å². The third-order valence-electron chi connectivity index (χ3n) is 3.43. The molecular weight excluding hydrogens is 274 g/mol. The van der Waals surface area contributed by atoms with Crippen LogP contribution in [-0.4, -0.2) is 10.9 Å². The summed E-state index contributed by atoms with van der Waals surface area (Å²) in [4.78, 5) is 16.5. The van der Waals surface area contributed by atoms with Crippen LogP contribution >= 0.6 is 0 Å². The molecular formula is C18H13N3O. The Hall–Kier alpha value is -3.19. The third kappa shape index (κ3) is 2.79. The van der Waals surface area contributed by atoms with Gasteiger partial charge in [-0.25, -0.2) is 0 Å². The molecule has 0 aliphatic carbocycles. The molecule has 1 aromatic heterocycles. The van der Waals surface area contributed by atoms with Crippen LogP contribution in [0.25, 0.3) is 10.9 Å². The fraction of sp³-hybridized carbons (Fsp3) is 0.0556. The summed E-state index contributed by atoms with van der Waals surface area (Å²) in [6.07, 6.45) is 1.74. The molecule has 0 atom stereocenters. The minimum absolute atomic E-state index is 0.196. The monoisotopic (exact) mass is 287 g/mol. The summed E-state index contributed by atoms with van der Waals surface area (Å²) in [7, 11) is 0. The summed E-state index contributed by atoms with van der Waals surface area (Å²) in [5.74, 6) is -0.196. The summed E-state index contributed by atoms with van der Waals surface area (Å²) >= 11 is 0. The van der Waals surface area contributed by atoms with E-state index >= 15 is 0 Å². The third-order valence-corrected chi connectivity index (χ3v) is 3.43. The Morgan fingerprint density at radius 3 is 2.86 bits per heavy atom. The molecule has 1 amide bonds. The lowest BCUT2D eigenvalue weighted by molar-refractivity contribution is 0.0951. The van der Waals surface area contributed by atoms with Crippen molar-refractivity contribution in [3.63, 3.8) is 0 Å². The highest BCUT2D eigenvalue weighted by Gasteiger charge is 2.07. The molecule has 3 rings (SSSR count). The molecule has 1 N–H and O–H groups in total. The number of rotatable bonds is 3. The lowest BCUT2D eigenvalue weighted by atomic mass is 10.1. The molecule has 4 nitrogen and oxygen atoms in total. The Balaban J connectivity index is 1.79. The van der Waals surface area contributed by atoms with E-state index in [0.717, 1.165) is 16.5 Å². The molecule has 2 aromatic carbocycles. The maximum Gasteiger partial charge on any atom is 0.251 e. The number of hydrogen-bond donors (Lipinski definition) is 1. The Labute approximate surface area is 128 Å². The molecule has 4 heteroatoms. The van der Waals surface area contributed by atoms with Crippen molar-refractivity contribution in [1.29, 1.82) is 5.26 Å². The van der Waals surface area contributed by atoms with Crippen molar-refractivity contribution in [2.45, 2.75) is 6.54 Å². The van der Waals surface area contributed by atoms with Crippen molar-refractivity contribution in [1.82, 2.24) is 10.3 Å². The van der Waals surface area contributed by atoms with Gasteiger partial charge in [0.25, 0.3) is 5.91 Å². The molecule has 0 bridgehead atoms. The first-order valence-corrected chi connectivity index (χ1v) is 6.89. The standard InChI is InChI=1S/C18H13N3O/c19-11-13-4-3-5-14(10-13)18(22)21-12-15-8-9-20-17-7-2-1-6-16(15)17/h1-10H,12H2,(H,21,22). The van der Waals surface area contributed by atoms with E-state index in [-0.39, 0.29) is 5.91 Å². The summed E-state index contributed by atoms with van der Waals surface area (Å²) in [6.45, 7) is 0.415. The van der Waals surface area contributed by atoms with E-state index in [1.807, 2.05) is 36.4 Å². The van der Waals surface area contributed by atoms with Crippen LogP contribution < -0.4 is 5.32 Å². The van der Waals surface area contributed by atoms with Gasteiger partial charge in [-0.3, -0.25) is 9.78 Å². The van der Waals surface area contributed by atoms with Crippen LogP contribution in [0.15, 0.2) is 60.8 Å². The zero-order valence-electron chi connectivity index (χ0n) is 11.8. The molecule has 0 fully saturated rings. The summed E-state index contributed by atoms with van der Waals surface area (Å²) < 4.78 is 0. The molecule has 106 valence electrons. The van der Waals surface area contributed by atoms with Gasteiger partial charge in [0.05, 0.1) is 17.1 Å². The summed E-state index contributed by atoms with van der Waals surface area (Å²) in [5, 5.41) is 12.8. The van der Waals surface area contributed by atoms with E-state index in [1.54, 1.807) is 30.5 Å². The van der Waals surface area contributed by atoms with Crippen LogP contribution in [0, 0.1) is 11.3 Å². The quantitative estimate of drug-likeness (QED) is 0.805. The van der Waals surface area contributed by atoms with E-state index < -0.39 is 0 Å². The fourth-order valence-corrected chi connectivity index (χ4v) is 2.32. The topological polar surface area (TPSA) is 65.8 Å². The van der Waals surface area contributed by atoms with Gasteiger partial charge in [0.15, 0.2) is 0 Å². The highest BCUT2D eigenvalue weighted by molar-refractivity contribution is 5.94. The van der Waals surface area contributed by atoms with Gasteiger partial charge in [-0.2, -0.15) is 5.26 Å². The molecule has 3 aromatic rings. The molecule has 0 radical (unpaired) electrons. The van der Waals surface area contributed by atoms with Gasteiger partial charge >= 0.3 is 0 Å². The largest absolute Gasteiger partial charge is 0.348 e. The molecule has 0 aliphatic rings. The number of aromatic nitrogens is 1. The summed E-state index contributed by atoms with van der Waals surface area (Å²) in [5.41, 5.74) is 2.87. The SMILES string of the molecule is N#Cc1cccc(C(=O)NCc2ccnc3ccccc23)c1. The van der Waals surface area contributed by atoms with Gasteiger partial charge < -0.3 is 5.32 Å². The molecule has 1 heterocycles. The lowest BCUT2D eigenvalue weighted by Gasteiger charge is -2.08. The van der Waals surface area contributed by atoms with Crippen LogP contribution in [0.3, 0.4) is 0 Å². The minimum atomic E-state index is -0.196. The maximum absolute atomic E-state index is 12.2. The predicted octanol–water partition coefficient (Wildman–Crippen LogP) is 3.04. The smallest absolute Gasteiger partial charge is 0.251 e. The highest BCUT2D eigenvalue weighted by Crippen LogP contribution is 2.16. The first-order valence-electron chi connectivity index (χ1n) is 6.89. The van der Waals surface area contributed by atoms with Gasteiger partial charge in [-0.05, 0) is 35.9 Å². The van der Waals surface area contributed by atoms with E-state index in [0.29, 0.717) is 17.7 Å². The second kappa shape index (κ2) is 6.06. The fourth-order valence-electron chi connectivity index (χ4n) is 2.32. The first-order chi connectivity index (χ1) is 10.8. The average Bonchev–Trinajstić information content (AvgIpc) is 2.59. The first kappa shape index (κ1) is 13.8. The molecule has 22 heavy (non-hydrogen) atoms. The Bertz CT molecular complexity index is 875. The van der Waals surface area contributed by atoms with E-state index in [1.165, 1.54) is 0 Å². The number of nitriles is 1. The zero-order chi connectivity index (χ0) is 15.4. The number of benzene rings is 2. The van der Waals surface area contributed by atoms with Gasteiger partial charge in [-0.15, -0.1) is 0 Å². The highest BCUT2D eigenvalue weighted by atomic mass is 16.1. The van der Waals surface area contributed by atoms with Crippen LogP contribution in [-0.2, 0) is 6.54 Å². The Morgan fingerprint density at radius 2 is 2.00 bits per heavy atom. The maximum atomic E-state index is 12.2. The lowest BCUT2D eigenvalue weighted by Crippen LogP contribution is -2.23. The van der Waals surface area contributed by atoms with Crippen molar-refractivity contribution < 1.29 is 4.79 Å². The van der Waals surface area contributed by atoms with Crippen molar-refractivity contribution >= 4 is 16.8 Å². The van der Waals surface area contributed by atoms with Crippen LogP contribution in [0.4, 0.5) is 0 Å². The average molecular weight is 287 g/mol. The second-order valence-electron chi connectivity index (χ2n) is 4.86. The van der Waals surface area contributed by atoms with E-state index in [9.17, 15) is 4.79 Å². The molecule has 0 aliphatic heterocycles.